The molecule has 1 atom stereocenters. The van der Waals surface area contributed by atoms with Crippen molar-refractivity contribution < 1.29 is 22.7 Å². The minimum Gasteiger partial charge on any atom is -0.384 e. The van der Waals surface area contributed by atoms with E-state index in [1.54, 1.807) is 0 Å². The Kier molecular flexibility index (Phi) is 3.78. The SMILES string of the molecule is OC(c1ccc(F)c(F)c1)c1cc(F)c(Cl)cc1F. The molecule has 0 bridgehead atoms. The van der Waals surface area contributed by atoms with Crippen LogP contribution in [0.15, 0.2) is 30.3 Å². The van der Waals surface area contributed by atoms with Gasteiger partial charge < -0.3 is 5.11 Å². The zero-order chi connectivity index (χ0) is 14.2. The van der Waals surface area contributed by atoms with Crippen molar-refractivity contribution in [3.8, 4) is 0 Å². The fourth-order valence-corrected chi connectivity index (χ4v) is 1.76. The number of aliphatic hydroxyl groups excluding tert-OH is 1. The van der Waals surface area contributed by atoms with Gasteiger partial charge in [-0.05, 0) is 29.8 Å². The number of halogens is 5. The Morgan fingerprint density at radius 2 is 1.53 bits per heavy atom. The highest BCUT2D eigenvalue weighted by atomic mass is 35.5. The van der Waals surface area contributed by atoms with E-state index in [0.29, 0.717) is 18.2 Å². The molecule has 1 unspecified atom stereocenters. The minimum atomic E-state index is -1.62. The molecule has 0 heterocycles. The zero-order valence-electron chi connectivity index (χ0n) is 9.30. The maximum atomic E-state index is 13.6. The first kappa shape index (κ1) is 13.8. The van der Waals surface area contributed by atoms with Gasteiger partial charge in [0.05, 0.1) is 5.02 Å². The van der Waals surface area contributed by atoms with Gasteiger partial charge in [0.25, 0.3) is 0 Å². The second-order valence-electron chi connectivity index (χ2n) is 3.86. The summed E-state index contributed by atoms with van der Waals surface area (Å²) in [6.45, 7) is 0. The molecule has 0 saturated carbocycles. The number of hydrogen-bond donors (Lipinski definition) is 1. The van der Waals surface area contributed by atoms with Crippen molar-refractivity contribution in [2.24, 2.45) is 0 Å². The topological polar surface area (TPSA) is 20.2 Å². The fraction of sp³-hybridized carbons (Fsp3) is 0.0769. The molecule has 0 spiro atoms. The highest BCUT2D eigenvalue weighted by Crippen LogP contribution is 2.28. The summed E-state index contributed by atoms with van der Waals surface area (Å²) < 4.78 is 52.6. The van der Waals surface area contributed by atoms with Crippen molar-refractivity contribution in [3.63, 3.8) is 0 Å². The third-order valence-corrected chi connectivity index (χ3v) is 2.88. The monoisotopic (exact) mass is 290 g/mol. The Hall–Kier alpha value is -1.59. The summed E-state index contributed by atoms with van der Waals surface area (Å²) in [5.41, 5.74) is -0.507. The fourth-order valence-electron chi connectivity index (χ4n) is 1.61. The van der Waals surface area contributed by atoms with Crippen molar-refractivity contribution in [1.82, 2.24) is 0 Å². The Morgan fingerprint density at radius 3 is 2.16 bits per heavy atom. The Morgan fingerprint density at radius 1 is 0.842 bits per heavy atom. The lowest BCUT2D eigenvalue weighted by Gasteiger charge is -2.13. The van der Waals surface area contributed by atoms with Gasteiger partial charge in [-0.3, -0.25) is 0 Å². The molecule has 0 fully saturated rings. The molecular formula is C13H7ClF4O. The van der Waals surface area contributed by atoms with Crippen LogP contribution in [0.5, 0.6) is 0 Å². The molecule has 2 rings (SSSR count). The minimum absolute atomic E-state index is 0.0977. The van der Waals surface area contributed by atoms with Crippen molar-refractivity contribution in [1.29, 1.82) is 0 Å². The average Bonchev–Trinajstić information content (AvgIpc) is 2.36. The molecule has 0 aliphatic heterocycles. The average molecular weight is 291 g/mol. The van der Waals surface area contributed by atoms with Gasteiger partial charge in [0.1, 0.15) is 17.7 Å². The van der Waals surface area contributed by atoms with Crippen molar-refractivity contribution >= 4 is 11.6 Å². The Bertz CT molecular complexity index is 630. The smallest absolute Gasteiger partial charge is 0.159 e. The quantitative estimate of drug-likeness (QED) is 0.655. The number of benzene rings is 2. The van der Waals surface area contributed by atoms with E-state index in [0.717, 1.165) is 12.1 Å². The van der Waals surface area contributed by atoms with Gasteiger partial charge in [-0.1, -0.05) is 17.7 Å². The molecule has 0 radical (unpaired) electrons. The predicted molar refractivity (Wildman–Crippen MR) is 61.8 cm³/mol. The molecule has 0 aliphatic carbocycles. The second-order valence-corrected chi connectivity index (χ2v) is 4.27. The first-order valence-corrected chi connectivity index (χ1v) is 5.55. The molecule has 1 nitrogen and oxygen atoms in total. The largest absolute Gasteiger partial charge is 0.384 e. The van der Waals surface area contributed by atoms with Crippen LogP contribution in [0.2, 0.25) is 5.02 Å². The van der Waals surface area contributed by atoms with Gasteiger partial charge in [0.2, 0.25) is 0 Å². The maximum absolute atomic E-state index is 13.6. The molecule has 2 aromatic carbocycles. The first-order valence-electron chi connectivity index (χ1n) is 5.17. The third-order valence-electron chi connectivity index (χ3n) is 2.59. The molecule has 19 heavy (non-hydrogen) atoms. The lowest BCUT2D eigenvalue weighted by molar-refractivity contribution is 0.213. The summed E-state index contributed by atoms with van der Waals surface area (Å²) >= 11 is 5.38. The molecule has 1 N–H and O–H groups in total. The number of aliphatic hydroxyl groups is 1. The normalized spacial score (nSPS) is 12.5. The van der Waals surface area contributed by atoms with E-state index in [1.165, 1.54) is 0 Å². The summed E-state index contributed by atoms with van der Waals surface area (Å²) in [5.74, 6) is -4.14. The van der Waals surface area contributed by atoms with E-state index in [1.807, 2.05) is 0 Å². The summed E-state index contributed by atoms with van der Waals surface area (Å²) in [7, 11) is 0. The van der Waals surface area contributed by atoms with Crippen LogP contribution in [0.4, 0.5) is 17.6 Å². The molecule has 0 aromatic heterocycles. The van der Waals surface area contributed by atoms with Crippen LogP contribution in [-0.4, -0.2) is 5.11 Å². The van der Waals surface area contributed by atoms with Crippen LogP contribution >= 0.6 is 11.6 Å². The van der Waals surface area contributed by atoms with Gasteiger partial charge in [-0.15, -0.1) is 0 Å². The van der Waals surface area contributed by atoms with E-state index in [-0.39, 0.29) is 5.56 Å². The molecule has 2 aromatic rings. The number of hydrogen-bond acceptors (Lipinski definition) is 1. The summed E-state index contributed by atoms with van der Waals surface area (Å²) in [6.07, 6.45) is -1.62. The summed E-state index contributed by atoms with van der Waals surface area (Å²) in [6, 6.07) is 4.00. The standard InChI is InChI=1S/C13H7ClF4O/c14-8-5-10(16)7(4-11(8)17)13(19)6-1-2-9(15)12(18)3-6/h1-5,13,19H. The molecule has 0 amide bonds. The van der Waals surface area contributed by atoms with E-state index < -0.39 is 40.0 Å². The van der Waals surface area contributed by atoms with Gasteiger partial charge >= 0.3 is 0 Å². The highest BCUT2D eigenvalue weighted by Gasteiger charge is 2.19. The van der Waals surface area contributed by atoms with Gasteiger partial charge in [-0.25, -0.2) is 17.6 Å². The first-order chi connectivity index (χ1) is 8.90. The Labute approximate surface area is 111 Å². The van der Waals surface area contributed by atoms with Gasteiger partial charge in [0, 0.05) is 5.56 Å². The van der Waals surface area contributed by atoms with Crippen molar-refractivity contribution in [2.45, 2.75) is 6.10 Å². The van der Waals surface area contributed by atoms with Crippen LogP contribution in [0, 0.1) is 23.3 Å². The van der Waals surface area contributed by atoms with E-state index in [2.05, 4.69) is 0 Å². The van der Waals surface area contributed by atoms with Crippen LogP contribution in [-0.2, 0) is 0 Å². The summed E-state index contributed by atoms with van der Waals surface area (Å²) in [4.78, 5) is 0. The van der Waals surface area contributed by atoms with Crippen molar-refractivity contribution in [2.75, 3.05) is 0 Å². The molecule has 0 aliphatic rings. The number of rotatable bonds is 2. The van der Waals surface area contributed by atoms with E-state index >= 15 is 0 Å². The molecule has 100 valence electrons. The third kappa shape index (κ3) is 2.72. The van der Waals surface area contributed by atoms with E-state index in [9.17, 15) is 22.7 Å². The molecular weight excluding hydrogens is 284 g/mol. The second kappa shape index (κ2) is 5.19. The van der Waals surface area contributed by atoms with E-state index in [4.69, 9.17) is 11.6 Å². The lowest BCUT2D eigenvalue weighted by Crippen LogP contribution is -2.04. The van der Waals surface area contributed by atoms with Crippen molar-refractivity contribution in [3.05, 3.63) is 69.8 Å². The van der Waals surface area contributed by atoms with Crippen LogP contribution < -0.4 is 0 Å². The van der Waals surface area contributed by atoms with Crippen LogP contribution in [0.3, 0.4) is 0 Å². The maximum Gasteiger partial charge on any atom is 0.159 e. The Balaban J connectivity index is 2.46. The molecule has 6 heteroatoms. The zero-order valence-corrected chi connectivity index (χ0v) is 10.1. The van der Waals surface area contributed by atoms with Crippen LogP contribution in [0.1, 0.15) is 17.2 Å². The molecule has 0 saturated heterocycles. The van der Waals surface area contributed by atoms with Gasteiger partial charge in [0.15, 0.2) is 11.6 Å². The predicted octanol–water partition coefficient (Wildman–Crippen LogP) is 3.98. The summed E-state index contributed by atoms with van der Waals surface area (Å²) in [5, 5.41) is 9.43. The van der Waals surface area contributed by atoms with Crippen LogP contribution in [0.25, 0.3) is 0 Å². The lowest BCUT2D eigenvalue weighted by atomic mass is 10.0. The highest BCUT2D eigenvalue weighted by molar-refractivity contribution is 6.30. The van der Waals surface area contributed by atoms with Gasteiger partial charge in [-0.2, -0.15) is 0 Å².